The second kappa shape index (κ2) is 5.09. The van der Waals surface area contributed by atoms with Crippen molar-refractivity contribution < 1.29 is 9.59 Å². The van der Waals surface area contributed by atoms with Gasteiger partial charge < -0.3 is 0 Å². The van der Waals surface area contributed by atoms with E-state index in [0.717, 1.165) is 25.7 Å². The molecule has 0 spiro atoms. The summed E-state index contributed by atoms with van der Waals surface area (Å²) in [6.07, 6.45) is 5.31. The van der Waals surface area contributed by atoms with Gasteiger partial charge in [-0.3, -0.25) is 14.5 Å². The van der Waals surface area contributed by atoms with Crippen LogP contribution in [0.5, 0.6) is 0 Å². The Kier molecular flexibility index (Phi) is 3.70. The van der Waals surface area contributed by atoms with Crippen molar-refractivity contribution in [3.05, 3.63) is 0 Å². The van der Waals surface area contributed by atoms with Gasteiger partial charge in [-0.15, -0.1) is 0 Å². The van der Waals surface area contributed by atoms with Crippen molar-refractivity contribution in [3.8, 4) is 6.07 Å². The summed E-state index contributed by atoms with van der Waals surface area (Å²) < 4.78 is 0. The third-order valence-corrected chi connectivity index (χ3v) is 4.51. The first kappa shape index (κ1) is 13.1. The summed E-state index contributed by atoms with van der Waals surface area (Å²) >= 11 is 0. The van der Waals surface area contributed by atoms with Crippen molar-refractivity contribution in [1.82, 2.24) is 4.90 Å². The maximum atomic E-state index is 12.1. The third-order valence-electron chi connectivity index (χ3n) is 4.51. The molecule has 3 atom stereocenters. The predicted octanol–water partition coefficient (Wildman–Crippen LogP) is 2.10. The maximum Gasteiger partial charge on any atom is 0.233 e. The molecule has 1 aliphatic carbocycles. The molecule has 1 aliphatic heterocycles. The number of nitrogens with zero attached hydrogens (tertiary/aromatic N) is 2. The van der Waals surface area contributed by atoms with Gasteiger partial charge in [0, 0.05) is 11.8 Å². The standard InChI is InChI=1S/C14H20N2O2/c1-9-10(2)14(18)16(13(9)17)12(8-15)11-6-4-3-5-7-11/h9-12H,3-7H2,1-2H3. The molecule has 2 amide bonds. The lowest BCUT2D eigenvalue weighted by Gasteiger charge is -2.31. The highest BCUT2D eigenvalue weighted by atomic mass is 16.2. The summed E-state index contributed by atoms with van der Waals surface area (Å²) in [5.74, 6) is -0.711. The molecular weight excluding hydrogens is 228 g/mol. The molecule has 18 heavy (non-hydrogen) atoms. The van der Waals surface area contributed by atoms with Crippen LogP contribution in [0.4, 0.5) is 0 Å². The molecule has 3 unspecified atom stereocenters. The number of carbonyl (C=O) groups is 2. The third kappa shape index (κ3) is 2.03. The van der Waals surface area contributed by atoms with E-state index in [1.807, 2.05) is 0 Å². The Morgan fingerprint density at radius 3 is 2.06 bits per heavy atom. The van der Waals surface area contributed by atoms with E-state index in [1.165, 1.54) is 11.3 Å². The van der Waals surface area contributed by atoms with Crippen LogP contribution in [0.25, 0.3) is 0 Å². The first-order valence-electron chi connectivity index (χ1n) is 6.84. The largest absolute Gasteiger partial charge is 0.274 e. The lowest BCUT2D eigenvalue weighted by molar-refractivity contribution is -0.142. The summed E-state index contributed by atoms with van der Waals surface area (Å²) in [5, 5.41) is 9.35. The van der Waals surface area contributed by atoms with Crippen LogP contribution in [-0.2, 0) is 9.59 Å². The minimum Gasteiger partial charge on any atom is -0.274 e. The fourth-order valence-corrected chi connectivity index (χ4v) is 3.07. The zero-order chi connectivity index (χ0) is 13.3. The molecule has 2 aliphatic rings. The van der Waals surface area contributed by atoms with E-state index >= 15 is 0 Å². The Morgan fingerprint density at radius 1 is 1.11 bits per heavy atom. The molecule has 2 rings (SSSR count). The molecule has 98 valence electrons. The van der Waals surface area contributed by atoms with Crippen LogP contribution < -0.4 is 0 Å². The molecular formula is C14H20N2O2. The van der Waals surface area contributed by atoms with Crippen LogP contribution in [0.2, 0.25) is 0 Å². The smallest absolute Gasteiger partial charge is 0.233 e. The fourth-order valence-electron chi connectivity index (χ4n) is 3.07. The molecule has 0 aromatic rings. The minimum absolute atomic E-state index is 0.162. The number of imide groups is 1. The Balaban J connectivity index is 2.20. The van der Waals surface area contributed by atoms with Gasteiger partial charge in [0.1, 0.15) is 6.04 Å². The van der Waals surface area contributed by atoms with Gasteiger partial charge in [-0.25, -0.2) is 0 Å². The van der Waals surface area contributed by atoms with Crippen molar-refractivity contribution in [2.45, 2.75) is 52.0 Å². The quantitative estimate of drug-likeness (QED) is 0.703. The molecule has 2 fully saturated rings. The van der Waals surface area contributed by atoms with Crippen molar-refractivity contribution >= 4 is 11.8 Å². The van der Waals surface area contributed by atoms with E-state index in [4.69, 9.17) is 0 Å². The number of carbonyl (C=O) groups excluding carboxylic acids is 2. The molecule has 0 bridgehead atoms. The first-order valence-corrected chi connectivity index (χ1v) is 6.84. The molecule has 1 saturated heterocycles. The van der Waals surface area contributed by atoms with E-state index < -0.39 is 6.04 Å². The topological polar surface area (TPSA) is 61.2 Å². The van der Waals surface area contributed by atoms with Crippen LogP contribution in [0, 0.1) is 29.1 Å². The second-order valence-corrected chi connectivity index (χ2v) is 5.60. The van der Waals surface area contributed by atoms with Crippen molar-refractivity contribution in [1.29, 1.82) is 5.26 Å². The lowest BCUT2D eigenvalue weighted by atomic mass is 9.84. The predicted molar refractivity (Wildman–Crippen MR) is 66.2 cm³/mol. The molecule has 4 heteroatoms. The maximum absolute atomic E-state index is 12.1. The minimum atomic E-state index is -0.544. The van der Waals surface area contributed by atoms with E-state index in [2.05, 4.69) is 6.07 Å². The van der Waals surface area contributed by atoms with Gasteiger partial charge in [-0.1, -0.05) is 33.1 Å². The Hall–Kier alpha value is -1.37. The van der Waals surface area contributed by atoms with Crippen LogP contribution in [0.15, 0.2) is 0 Å². The number of hydrogen-bond donors (Lipinski definition) is 0. The summed E-state index contributed by atoms with van der Waals surface area (Å²) in [4.78, 5) is 25.5. The van der Waals surface area contributed by atoms with E-state index in [0.29, 0.717) is 0 Å². The van der Waals surface area contributed by atoms with Gasteiger partial charge >= 0.3 is 0 Å². The molecule has 0 aromatic carbocycles. The lowest BCUT2D eigenvalue weighted by Crippen LogP contribution is -2.44. The Morgan fingerprint density at radius 2 is 1.61 bits per heavy atom. The molecule has 0 N–H and O–H groups in total. The van der Waals surface area contributed by atoms with Gasteiger partial charge in [0.15, 0.2) is 0 Å². The average molecular weight is 248 g/mol. The first-order chi connectivity index (χ1) is 8.57. The number of likely N-dealkylation sites (tertiary alicyclic amines) is 1. The Labute approximate surface area is 108 Å². The second-order valence-electron chi connectivity index (χ2n) is 5.60. The average Bonchev–Trinajstić information content (AvgIpc) is 2.59. The summed E-state index contributed by atoms with van der Waals surface area (Å²) in [5.41, 5.74) is 0. The molecule has 0 radical (unpaired) electrons. The summed E-state index contributed by atoms with van der Waals surface area (Å²) in [6.45, 7) is 3.56. The zero-order valence-electron chi connectivity index (χ0n) is 11.1. The van der Waals surface area contributed by atoms with Crippen molar-refractivity contribution in [3.63, 3.8) is 0 Å². The van der Waals surface area contributed by atoms with Crippen LogP contribution in [0.1, 0.15) is 46.0 Å². The van der Waals surface area contributed by atoms with Gasteiger partial charge in [0.25, 0.3) is 0 Å². The Bertz CT molecular complexity index is 373. The van der Waals surface area contributed by atoms with Crippen LogP contribution in [-0.4, -0.2) is 22.8 Å². The van der Waals surface area contributed by atoms with Gasteiger partial charge in [-0.05, 0) is 18.8 Å². The number of amides is 2. The van der Waals surface area contributed by atoms with Gasteiger partial charge in [-0.2, -0.15) is 5.26 Å². The number of rotatable bonds is 2. The monoisotopic (exact) mass is 248 g/mol. The zero-order valence-corrected chi connectivity index (χ0v) is 11.1. The summed E-state index contributed by atoms with van der Waals surface area (Å²) in [6, 6.07) is 1.66. The van der Waals surface area contributed by atoms with Crippen LogP contribution >= 0.6 is 0 Å². The molecule has 1 saturated carbocycles. The molecule has 4 nitrogen and oxygen atoms in total. The van der Waals surface area contributed by atoms with Crippen LogP contribution in [0.3, 0.4) is 0 Å². The summed E-state index contributed by atoms with van der Waals surface area (Å²) in [7, 11) is 0. The van der Waals surface area contributed by atoms with E-state index in [9.17, 15) is 14.9 Å². The van der Waals surface area contributed by atoms with Gasteiger partial charge in [0.05, 0.1) is 6.07 Å². The highest BCUT2D eigenvalue weighted by Crippen LogP contribution is 2.34. The van der Waals surface area contributed by atoms with E-state index in [-0.39, 0.29) is 29.6 Å². The number of hydrogen-bond acceptors (Lipinski definition) is 3. The van der Waals surface area contributed by atoms with E-state index in [1.54, 1.807) is 13.8 Å². The normalized spacial score (nSPS) is 31.5. The molecule has 1 heterocycles. The van der Waals surface area contributed by atoms with Crippen molar-refractivity contribution in [2.24, 2.45) is 17.8 Å². The number of nitriles is 1. The molecule has 0 aromatic heterocycles. The SMILES string of the molecule is CC1C(=O)N(C(C#N)C2CCCCC2)C(=O)C1C. The van der Waals surface area contributed by atoms with Gasteiger partial charge in [0.2, 0.25) is 11.8 Å². The highest BCUT2D eigenvalue weighted by Gasteiger charge is 2.47. The highest BCUT2D eigenvalue weighted by molar-refractivity contribution is 6.05. The fraction of sp³-hybridized carbons (Fsp3) is 0.786. The van der Waals surface area contributed by atoms with Crippen molar-refractivity contribution in [2.75, 3.05) is 0 Å².